The number of carbonyl (C=O) groups is 2. The van der Waals surface area contributed by atoms with E-state index in [1.807, 2.05) is 0 Å². The Bertz CT molecular complexity index is 585. The van der Waals surface area contributed by atoms with Gasteiger partial charge in [0.1, 0.15) is 6.10 Å². The van der Waals surface area contributed by atoms with E-state index in [9.17, 15) is 9.59 Å². The Kier molecular flexibility index (Phi) is 32.1. The molecular formula is C37H70O4. The Morgan fingerprint density at radius 2 is 0.902 bits per heavy atom. The van der Waals surface area contributed by atoms with Gasteiger partial charge in [0.15, 0.2) is 0 Å². The zero-order valence-corrected chi connectivity index (χ0v) is 27.6. The Labute approximate surface area is 255 Å². The quantitative estimate of drug-likeness (QED) is 0.0478. The number of hydrogen-bond acceptors (Lipinski definition) is 3. The summed E-state index contributed by atoms with van der Waals surface area (Å²) >= 11 is 0. The van der Waals surface area contributed by atoms with E-state index in [0.29, 0.717) is 12.8 Å². The van der Waals surface area contributed by atoms with Crippen molar-refractivity contribution in [1.82, 2.24) is 0 Å². The lowest BCUT2D eigenvalue weighted by atomic mass is 10.0. The molecule has 0 saturated carbocycles. The molecule has 1 N–H and O–H groups in total. The molecule has 0 heterocycles. The number of rotatable bonds is 33. The van der Waals surface area contributed by atoms with E-state index in [-0.39, 0.29) is 18.5 Å². The maximum absolute atomic E-state index is 12.4. The molecule has 0 rings (SSSR count). The molecule has 0 saturated heterocycles. The molecule has 0 aliphatic rings. The van der Waals surface area contributed by atoms with Gasteiger partial charge in [-0.3, -0.25) is 9.59 Å². The van der Waals surface area contributed by atoms with Crippen LogP contribution in [0.4, 0.5) is 0 Å². The summed E-state index contributed by atoms with van der Waals surface area (Å²) < 4.78 is 5.70. The molecule has 0 aromatic heterocycles. The number of carboxylic acid groups (broad SMARTS) is 1. The van der Waals surface area contributed by atoms with Crippen LogP contribution in [0, 0.1) is 0 Å². The summed E-state index contributed by atoms with van der Waals surface area (Å²) in [5, 5.41) is 9.06. The van der Waals surface area contributed by atoms with Gasteiger partial charge in [-0.15, -0.1) is 0 Å². The summed E-state index contributed by atoms with van der Waals surface area (Å²) in [6.07, 6.45) is 39.4. The molecule has 41 heavy (non-hydrogen) atoms. The third-order valence-electron chi connectivity index (χ3n) is 8.25. The van der Waals surface area contributed by atoms with Crippen LogP contribution in [0.15, 0.2) is 12.2 Å². The second kappa shape index (κ2) is 33.2. The van der Waals surface area contributed by atoms with Crippen LogP contribution in [-0.2, 0) is 14.3 Å². The summed E-state index contributed by atoms with van der Waals surface area (Å²) in [4.78, 5) is 23.4. The van der Waals surface area contributed by atoms with Gasteiger partial charge in [-0.1, -0.05) is 154 Å². The van der Waals surface area contributed by atoms with Crippen molar-refractivity contribution in [2.45, 2.75) is 213 Å². The van der Waals surface area contributed by atoms with Gasteiger partial charge in [-0.2, -0.15) is 0 Å². The van der Waals surface area contributed by atoms with E-state index in [0.717, 1.165) is 32.1 Å². The maximum Gasteiger partial charge on any atom is 0.306 e. The molecule has 4 heteroatoms. The third kappa shape index (κ3) is 33.1. The minimum Gasteiger partial charge on any atom is -0.481 e. The van der Waals surface area contributed by atoms with Gasteiger partial charge in [0.25, 0.3) is 0 Å². The molecule has 0 fully saturated rings. The van der Waals surface area contributed by atoms with Crippen molar-refractivity contribution in [3.05, 3.63) is 12.2 Å². The molecule has 1 unspecified atom stereocenters. The van der Waals surface area contributed by atoms with Gasteiger partial charge in [-0.05, 0) is 51.4 Å². The van der Waals surface area contributed by atoms with Crippen LogP contribution in [0.25, 0.3) is 0 Å². The zero-order chi connectivity index (χ0) is 30.1. The second-order valence-electron chi connectivity index (χ2n) is 12.4. The van der Waals surface area contributed by atoms with Crippen molar-refractivity contribution in [1.29, 1.82) is 0 Å². The molecule has 0 aromatic rings. The molecule has 4 nitrogen and oxygen atoms in total. The normalized spacial score (nSPS) is 12.2. The van der Waals surface area contributed by atoms with Gasteiger partial charge in [-0.25, -0.2) is 0 Å². The van der Waals surface area contributed by atoms with Crippen molar-refractivity contribution in [3.8, 4) is 0 Å². The highest BCUT2D eigenvalue weighted by Crippen LogP contribution is 2.17. The van der Waals surface area contributed by atoms with Gasteiger partial charge >= 0.3 is 11.9 Å². The van der Waals surface area contributed by atoms with Crippen LogP contribution >= 0.6 is 0 Å². The van der Waals surface area contributed by atoms with E-state index < -0.39 is 5.97 Å². The lowest BCUT2D eigenvalue weighted by Gasteiger charge is -2.17. The SMILES string of the molecule is CCCCCCCC/C=C\CCCCCCCCCCCC(=O)OC(CCCCCCCCCCC)CCC(=O)O. The number of ether oxygens (including phenoxy) is 1. The molecule has 0 bridgehead atoms. The summed E-state index contributed by atoms with van der Waals surface area (Å²) in [5.74, 6) is -0.953. The minimum atomic E-state index is -0.811. The van der Waals surface area contributed by atoms with Crippen molar-refractivity contribution in [2.24, 2.45) is 0 Å². The lowest BCUT2D eigenvalue weighted by Crippen LogP contribution is -2.19. The van der Waals surface area contributed by atoms with Crippen LogP contribution in [-0.4, -0.2) is 23.1 Å². The molecule has 0 spiro atoms. The molecule has 1 atom stereocenters. The monoisotopic (exact) mass is 579 g/mol. The first kappa shape index (κ1) is 39.7. The molecular weight excluding hydrogens is 508 g/mol. The van der Waals surface area contributed by atoms with Crippen molar-refractivity contribution in [3.63, 3.8) is 0 Å². The second-order valence-corrected chi connectivity index (χ2v) is 12.4. The van der Waals surface area contributed by atoms with E-state index in [2.05, 4.69) is 26.0 Å². The van der Waals surface area contributed by atoms with E-state index in [1.165, 1.54) is 141 Å². The fraction of sp³-hybridized carbons (Fsp3) is 0.892. The summed E-state index contributed by atoms with van der Waals surface area (Å²) in [6, 6.07) is 0. The molecule has 0 amide bonds. The fourth-order valence-electron chi connectivity index (χ4n) is 5.52. The van der Waals surface area contributed by atoms with Crippen LogP contribution in [0.5, 0.6) is 0 Å². The average molecular weight is 579 g/mol. The first-order chi connectivity index (χ1) is 20.1. The Morgan fingerprint density at radius 3 is 1.34 bits per heavy atom. The number of esters is 1. The minimum absolute atomic E-state index is 0.0747. The average Bonchev–Trinajstić information content (AvgIpc) is 2.96. The number of allylic oxidation sites excluding steroid dienone is 2. The highest BCUT2D eigenvalue weighted by atomic mass is 16.5. The predicted molar refractivity (Wildman–Crippen MR) is 177 cm³/mol. The highest BCUT2D eigenvalue weighted by molar-refractivity contribution is 5.69. The molecule has 0 aliphatic heterocycles. The zero-order valence-electron chi connectivity index (χ0n) is 27.6. The largest absolute Gasteiger partial charge is 0.481 e. The number of unbranched alkanes of at least 4 members (excludes halogenated alkanes) is 23. The standard InChI is InChI=1S/C37H70O4/c1-3-5-7-9-11-13-14-15-16-17-18-19-20-21-22-24-26-28-30-32-37(40)41-35(33-34-36(38)39)31-29-27-25-23-12-10-8-6-4-2/h15-16,35H,3-14,17-34H2,1-2H3,(H,38,39)/b16-15-. The first-order valence-electron chi connectivity index (χ1n) is 18.2. The van der Waals surface area contributed by atoms with E-state index >= 15 is 0 Å². The highest BCUT2D eigenvalue weighted by Gasteiger charge is 2.15. The van der Waals surface area contributed by atoms with E-state index in [1.54, 1.807) is 0 Å². The number of carbonyl (C=O) groups excluding carboxylic acids is 1. The molecule has 0 aromatic carbocycles. The van der Waals surface area contributed by atoms with E-state index in [4.69, 9.17) is 9.84 Å². The van der Waals surface area contributed by atoms with Crippen molar-refractivity contribution in [2.75, 3.05) is 0 Å². The Balaban J connectivity index is 3.66. The molecule has 242 valence electrons. The Morgan fingerprint density at radius 1 is 0.512 bits per heavy atom. The molecule has 0 radical (unpaired) electrons. The van der Waals surface area contributed by atoms with Crippen molar-refractivity contribution >= 4 is 11.9 Å². The number of hydrogen-bond donors (Lipinski definition) is 1. The summed E-state index contributed by atoms with van der Waals surface area (Å²) in [6.45, 7) is 4.52. The van der Waals surface area contributed by atoms with Crippen LogP contribution in [0.2, 0.25) is 0 Å². The number of carboxylic acids is 1. The van der Waals surface area contributed by atoms with Gasteiger partial charge in [0.05, 0.1) is 0 Å². The van der Waals surface area contributed by atoms with Crippen LogP contribution in [0.1, 0.15) is 206 Å². The fourth-order valence-corrected chi connectivity index (χ4v) is 5.52. The summed E-state index contributed by atoms with van der Waals surface area (Å²) in [5.41, 5.74) is 0. The summed E-state index contributed by atoms with van der Waals surface area (Å²) in [7, 11) is 0. The first-order valence-corrected chi connectivity index (χ1v) is 18.2. The van der Waals surface area contributed by atoms with Gasteiger partial charge in [0, 0.05) is 12.8 Å². The van der Waals surface area contributed by atoms with Crippen molar-refractivity contribution < 1.29 is 19.4 Å². The maximum atomic E-state index is 12.4. The van der Waals surface area contributed by atoms with Crippen LogP contribution in [0.3, 0.4) is 0 Å². The van der Waals surface area contributed by atoms with Gasteiger partial charge in [0.2, 0.25) is 0 Å². The topological polar surface area (TPSA) is 63.6 Å². The Hall–Kier alpha value is -1.32. The predicted octanol–water partition coefficient (Wildman–Crippen LogP) is 12.3. The van der Waals surface area contributed by atoms with Crippen LogP contribution < -0.4 is 0 Å². The lowest BCUT2D eigenvalue weighted by molar-refractivity contribution is -0.151. The third-order valence-corrected chi connectivity index (χ3v) is 8.25. The van der Waals surface area contributed by atoms with Gasteiger partial charge < -0.3 is 9.84 Å². The molecule has 0 aliphatic carbocycles. The smallest absolute Gasteiger partial charge is 0.306 e. The number of aliphatic carboxylic acids is 1.